The summed E-state index contributed by atoms with van der Waals surface area (Å²) in [6.07, 6.45) is 1.48. The second kappa shape index (κ2) is 11.0. The Balaban J connectivity index is 1.58. The number of nitrogens with one attached hydrogen (secondary N) is 1. The van der Waals surface area contributed by atoms with Crippen molar-refractivity contribution < 1.29 is 14.3 Å². The quantitative estimate of drug-likeness (QED) is 0.216. The number of nitriles is 1. The van der Waals surface area contributed by atoms with E-state index >= 15 is 0 Å². The molecule has 0 bridgehead atoms. The molecule has 0 unspecified atom stereocenters. The first-order valence-corrected chi connectivity index (χ1v) is 11.8. The van der Waals surface area contributed by atoms with Gasteiger partial charge in [-0.2, -0.15) is 5.26 Å². The third-order valence-corrected chi connectivity index (χ3v) is 6.31. The molecule has 0 radical (unpaired) electrons. The van der Waals surface area contributed by atoms with E-state index in [9.17, 15) is 10.1 Å². The summed E-state index contributed by atoms with van der Waals surface area (Å²) in [5.74, 6) is 0.293. The Morgan fingerprint density at radius 1 is 1.06 bits per heavy atom. The molecule has 0 atom stereocenters. The van der Waals surface area contributed by atoms with Crippen molar-refractivity contribution in [1.82, 2.24) is 0 Å². The maximum absolute atomic E-state index is 12.8. The fourth-order valence-electron chi connectivity index (χ4n) is 3.92. The Labute approximate surface area is 215 Å². The Kier molecular flexibility index (Phi) is 7.58. The molecule has 4 aromatic rings. The highest BCUT2D eigenvalue weighted by molar-refractivity contribution is 6.32. The number of aryl methyl sites for hydroxylation is 1. The van der Waals surface area contributed by atoms with Crippen molar-refractivity contribution >= 4 is 40.0 Å². The molecule has 0 aliphatic carbocycles. The number of halogens is 1. The first-order valence-electron chi connectivity index (χ1n) is 11.4. The molecular formula is C30H25ClN2O3. The lowest BCUT2D eigenvalue weighted by Gasteiger charge is -2.15. The van der Waals surface area contributed by atoms with Crippen molar-refractivity contribution in [3.05, 3.63) is 106 Å². The first-order chi connectivity index (χ1) is 17.4. The summed E-state index contributed by atoms with van der Waals surface area (Å²) < 4.78 is 11.6. The number of nitrogens with zero attached hydrogens (tertiary/aromatic N) is 1. The van der Waals surface area contributed by atoms with E-state index in [1.807, 2.05) is 62.4 Å². The normalized spacial score (nSPS) is 11.1. The second-order valence-electron chi connectivity index (χ2n) is 8.33. The number of carbonyl (C=O) groups excluding carboxylic acids is 1. The van der Waals surface area contributed by atoms with E-state index in [0.29, 0.717) is 34.4 Å². The molecule has 0 heterocycles. The van der Waals surface area contributed by atoms with Crippen LogP contribution in [0.1, 0.15) is 22.3 Å². The number of hydrogen-bond acceptors (Lipinski definition) is 4. The zero-order valence-electron chi connectivity index (χ0n) is 20.3. The number of anilines is 1. The summed E-state index contributed by atoms with van der Waals surface area (Å²) in [7, 11) is 1.52. The van der Waals surface area contributed by atoms with E-state index in [-0.39, 0.29) is 5.57 Å². The number of fused-ring (bicyclic) bond motifs is 1. The predicted molar refractivity (Wildman–Crippen MR) is 144 cm³/mol. The molecular weight excluding hydrogens is 472 g/mol. The molecule has 4 aromatic carbocycles. The van der Waals surface area contributed by atoms with Crippen LogP contribution in [0.2, 0.25) is 5.02 Å². The van der Waals surface area contributed by atoms with Gasteiger partial charge in [0, 0.05) is 5.69 Å². The van der Waals surface area contributed by atoms with E-state index in [4.69, 9.17) is 21.1 Å². The largest absolute Gasteiger partial charge is 0.493 e. The monoisotopic (exact) mass is 496 g/mol. The van der Waals surface area contributed by atoms with Crippen LogP contribution in [-0.2, 0) is 11.4 Å². The molecule has 0 saturated heterocycles. The van der Waals surface area contributed by atoms with Crippen LogP contribution in [0.5, 0.6) is 11.5 Å². The molecule has 0 aliphatic rings. The Morgan fingerprint density at radius 2 is 1.81 bits per heavy atom. The van der Waals surface area contributed by atoms with Crippen LogP contribution >= 0.6 is 11.6 Å². The average molecular weight is 497 g/mol. The Hall–Kier alpha value is -4.27. The number of ether oxygens (including phenoxy) is 2. The highest BCUT2D eigenvalue weighted by atomic mass is 35.5. The highest BCUT2D eigenvalue weighted by Crippen LogP contribution is 2.38. The van der Waals surface area contributed by atoms with Gasteiger partial charge in [0.2, 0.25) is 0 Å². The molecule has 0 fully saturated rings. The molecule has 5 nitrogen and oxygen atoms in total. The Morgan fingerprint density at radius 3 is 2.58 bits per heavy atom. The summed E-state index contributed by atoms with van der Waals surface area (Å²) >= 11 is 6.55. The van der Waals surface area contributed by atoms with Crippen molar-refractivity contribution in [2.75, 3.05) is 12.4 Å². The number of carbonyl (C=O) groups is 1. The van der Waals surface area contributed by atoms with Crippen LogP contribution in [0.4, 0.5) is 5.69 Å². The lowest BCUT2D eigenvalue weighted by atomic mass is 10.1. The number of amides is 1. The van der Waals surface area contributed by atoms with Gasteiger partial charge in [-0.3, -0.25) is 4.79 Å². The molecule has 4 rings (SSSR count). The fraction of sp³-hybridized carbons (Fsp3) is 0.133. The van der Waals surface area contributed by atoms with Gasteiger partial charge in [0.05, 0.1) is 12.1 Å². The fourth-order valence-corrected chi connectivity index (χ4v) is 4.20. The van der Waals surface area contributed by atoms with Gasteiger partial charge >= 0.3 is 0 Å². The van der Waals surface area contributed by atoms with Gasteiger partial charge in [-0.25, -0.2) is 0 Å². The minimum atomic E-state index is -0.502. The van der Waals surface area contributed by atoms with E-state index in [2.05, 4.69) is 17.4 Å². The summed E-state index contributed by atoms with van der Waals surface area (Å²) in [4.78, 5) is 12.8. The lowest BCUT2D eigenvalue weighted by molar-refractivity contribution is -0.112. The van der Waals surface area contributed by atoms with Gasteiger partial charge in [-0.05, 0) is 71.1 Å². The number of rotatable bonds is 7. The van der Waals surface area contributed by atoms with Gasteiger partial charge in [0.1, 0.15) is 18.2 Å². The molecule has 6 heteroatoms. The Bertz CT molecular complexity index is 1510. The molecule has 0 aromatic heterocycles. The number of hydrogen-bond donors (Lipinski definition) is 1. The third-order valence-electron chi connectivity index (χ3n) is 6.03. The number of benzene rings is 4. The van der Waals surface area contributed by atoms with Crippen LogP contribution < -0.4 is 14.8 Å². The van der Waals surface area contributed by atoms with Gasteiger partial charge < -0.3 is 14.8 Å². The predicted octanol–water partition coefficient (Wildman–Crippen LogP) is 7.24. The molecule has 0 aliphatic heterocycles. The van der Waals surface area contributed by atoms with Crippen LogP contribution in [0, 0.1) is 25.2 Å². The van der Waals surface area contributed by atoms with Crippen molar-refractivity contribution in [3.63, 3.8) is 0 Å². The van der Waals surface area contributed by atoms with Gasteiger partial charge in [0.25, 0.3) is 5.91 Å². The van der Waals surface area contributed by atoms with E-state index in [1.165, 1.54) is 13.2 Å². The molecule has 180 valence electrons. The zero-order chi connectivity index (χ0) is 25.7. The van der Waals surface area contributed by atoms with E-state index in [0.717, 1.165) is 27.5 Å². The molecule has 1 N–H and O–H groups in total. The molecule has 1 amide bonds. The number of methoxy groups -OCH3 is 1. The minimum absolute atomic E-state index is 0.0570. The maximum Gasteiger partial charge on any atom is 0.266 e. The van der Waals surface area contributed by atoms with Crippen LogP contribution in [0.3, 0.4) is 0 Å². The second-order valence-corrected chi connectivity index (χ2v) is 8.74. The van der Waals surface area contributed by atoms with Crippen LogP contribution in [0.15, 0.2) is 78.4 Å². The van der Waals surface area contributed by atoms with Crippen molar-refractivity contribution in [2.45, 2.75) is 20.5 Å². The van der Waals surface area contributed by atoms with Gasteiger partial charge in [-0.1, -0.05) is 66.2 Å². The summed E-state index contributed by atoms with van der Waals surface area (Å²) in [6.45, 7) is 4.18. The van der Waals surface area contributed by atoms with Gasteiger partial charge in [-0.15, -0.1) is 0 Å². The van der Waals surface area contributed by atoms with Crippen molar-refractivity contribution in [1.29, 1.82) is 5.26 Å². The highest BCUT2D eigenvalue weighted by Gasteiger charge is 2.16. The van der Waals surface area contributed by atoms with E-state index < -0.39 is 5.91 Å². The topological polar surface area (TPSA) is 71.3 Å². The summed E-state index contributed by atoms with van der Waals surface area (Å²) in [6, 6.07) is 25.1. The lowest BCUT2D eigenvalue weighted by Crippen LogP contribution is -2.14. The van der Waals surface area contributed by atoms with Crippen LogP contribution in [0.25, 0.3) is 16.8 Å². The zero-order valence-corrected chi connectivity index (χ0v) is 21.0. The maximum atomic E-state index is 12.8. The van der Waals surface area contributed by atoms with Crippen molar-refractivity contribution in [3.8, 4) is 17.6 Å². The SMILES string of the molecule is COc1cc(/C=C(\C#N)C(=O)Nc2cccc(C)c2C)cc(Cl)c1OCc1cccc2ccccc12. The third kappa shape index (κ3) is 5.35. The molecule has 0 saturated carbocycles. The summed E-state index contributed by atoms with van der Waals surface area (Å²) in [5.41, 5.74) is 4.16. The smallest absolute Gasteiger partial charge is 0.266 e. The molecule has 0 spiro atoms. The standard InChI is InChI=1S/C30H25ClN2O3/c1-19-8-6-13-27(20(19)2)33-30(34)24(17-32)14-21-15-26(31)29(28(16-21)35-3)36-18-23-11-7-10-22-9-4-5-12-25(22)23/h4-16H,18H2,1-3H3,(H,33,34)/b24-14+. The van der Waals surface area contributed by atoms with E-state index in [1.54, 1.807) is 18.2 Å². The van der Waals surface area contributed by atoms with Crippen molar-refractivity contribution in [2.24, 2.45) is 0 Å². The van der Waals surface area contributed by atoms with Gasteiger partial charge in [0.15, 0.2) is 11.5 Å². The minimum Gasteiger partial charge on any atom is -0.493 e. The molecule has 36 heavy (non-hydrogen) atoms. The summed E-state index contributed by atoms with van der Waals surface area (Å²) in [5, 5.41) is 15.0. The average Bonchev–Trinajstić information content (AvgIpc) is 2.88. The first kappa shape index (κ1) is 24.8. The van der Waals surface area contributed by atoms with Crippen LogP contribution in [-0.4, -0.2) is 13.0 Å².